The summed E-state index contributed by atoms with van der Waals surface area (Å²) in [6, 6.07) is 15.1. The fourth-order valence-corrected chi connectivity index (χ4v) is 2.72. The molecule has 6 nitrogen and oxygen atoms in total. The summed E-state index contributed by atoms with van der Waals surface area (Å²) in [7, 11) is 3.26. The van der Waals surface area contributed by atoms with Crippen LogP contribution >= 0.6 is 0 Å². The zero-order chi connectivity index (χ0) is 18.4. The number of rotatable bonds is 7. The van der Waals surface area contributed by atoms with Crippen molar-refractivity contribution < 1.29 is 9.47 Å². The molecular formula is C20H21N3O3. The van der Waals surface area contributed by atoms with Gasteiger partial charge >= 0.3 is 0 Å². The molecule has 0 atom stereocenters. The van der Waals surface area contributed by atoms with Crippen molar-refractivity contribution in [2.24, 2.45) is 0 Å². The standard InChI is InChI=1S/C20H21N3O3/c1-25-17-8-9-18(26-2)15(14-17)10-11-21-19-20(24)23(13-12-22-19)16-6-4-3-5-7-16/h3-9,12-14H,10-11H2,1-2H3,(H,21,22). The zero-order valence-corrected chi connectivity index (χ0v) is 14.8. The Morgan fingerprint density at radius 2 is 1.88 bits per heavy atom. The van der Waals surface area contributed by atoms with Crippen molar-refractivity contribution >= 4 is 5.82 Å². The lowest BCUT2D eigenvalue weighted by Gasteiger charge is -2.12. The quantitative estimate of drug-likeness (QED) is 0.709. The van der Waals surface area contributed by atoms with Gasteiger partial charge in [0.2, 0.25) is 0 Å². The second-order valence-electron chi connectivity index (χ2n) is 5.64. The lowest BCUT2D eigenvalue weighted by Crippen LogP contribution is -2.24. The predicted molar refractivity (Wildman–Crippen MR) is 102 cm³/mol. The van der Waals surface area contributed by atoms with Gasteiger partial charge in [0, 0.05) is 24.6 Å². The smallest absolute Gasteiger partial charge is 0.297 e. The van der Waals surface area contributed by atoms with Crippen molar-refractivity contribution in [2.45, 2.75) is 6.42 Å². The van der Waals surface area contributed by atoms with Crippen molar-refractivity contribution in [3.63, 3.8) is 0 Å². The predicted octanol–water partition coefficient (Wildman–Crippen LogP) is 2.90. The van der Waals surface area contributed by atoms with Crippen LogP contribution in [0.1, 0.15) is 5.56 Å². The highest BCUT2D eigenvalue weighted by Gasteiger charge is 2.08. The van der Waals surface area contributed by atoms with Crippen LogP contribution in [0.4, 0.5) is 5.82 Å². The van der Waals surface area contributed by atoms with E-state index < -0.39 is 0 Å². The van der Waals surface area contributed by atoms with E-state index in [0.717, 1.165) is 22.7 Å². The van der Waals surface area contributed by atoms with Crippen LogP contribution in [-0.4, -0.2) is 30.3 Å². The molecule has 6 heteroatoms. The lowest BCUT2D eigenvalue weighted by molar-refractivity contribution is 0.399. The molecule has 0 spiro atoms. The van der Waals surface area contributed by atoms with Crippen molar-refractivity contribution in [3.05, 3.63) is 76.8 Å². The van der Waals surface area contributed by atoms with Crippen molar-refractivity contribution in [1.82, 2.24) is 9.55 Å². The normalized spacial score (nSPS) is 10.4. The van der Waals surface area contributed by atoms with Gasteiger partial charge in [-0.1, -0.05) is 18.2 Å². The number of hydrogen-bond acceptors (Lipinski definition) is 5. The van der Waals surface area contributed by atoms with Gasteiger partial charge in [-0.05, 0) is 42.3 Å². The second kappa shape index (κ2) is 8.20. The van der Waals surface area contributed by atoms with E-state index in [1.807, 2.05) is 48.5 Å². The van der Waals surface area contributed by atoms with E-state index in [9.17, 15) is 4.79 Å². The first-order valence-corrected chi connectivity index (χ1v) is 8.31. The summed E-state index contributed by atoms with van der Waals surface area (Å²) in [5.74, 6) is 1.87. The molecule has 0 radical (unpaired) electrons. The van der Waals surface area contributed by atoms with Gasteiger partial charge in [-0.2, -0.15) is 0 Å². The first kappa shape index (κ1) is 17.5. The average Bonchev–Trinajstić information content (AvgIpc) is 2.70. The SMILES string of the molecule is COc1ccc(OC)c(CCNc2nccn(-c3ccccc3)c2=O)c1. The van der Waals surface area contributed by atoms with E-state index >= 15 is 0 Å². The third-order valence-corrected chi connectivity index (χ3v) is 4.05. The topological polar surface area (TPSA) is 65.4 Å². The van der Waals surface area contributed by atoms with E-state index in [1.165, 1.54) is 0 Å². The molecule has 0 saturated carbocycles. The van der Waals surface area contributed by atoms with Crippen LogP contribution in [0.5, 0.6) is 11.5 Å². The number of hydrogen-bond donors (Lipinski definition) is 1. The molecule has 0 unspecified atom stereocenters. The molecule has 0 saturated heterocycles. The molecule has 0 bridgehead atoms. The number of anilines is 1. The number of para-hydroxylation sites is 1. The minimum absolute atomic E-state index is 0.184. The highest BCUT2D eigenvalue weighted by atomic mass is 16.5. The molecule has 26 heavy (non-hydrogen) atoms. The number of nitrogens with one attached hydrogen (secondary N) is 1. The second-order valence-corrected chi connectivity index (χ2v) is 5.64. The van der Waals surface area contributed by atoms with Crippen molar-refractivity contribution in [2.75, 3.05) is 26.1 Å². The van der Waals surface area contributed by atoms with Crippen LogP contribution in [0, 0.1) is 0 Å². The Morgan fingerprint density at radius 3 is 2.62 bits per heavy atom. The Bertz CT molecular complexity index is 923. The fraction of sp³-hybridized carbons (Fsp3) is 0.200. The van der Waals surface area contributed by atoms with Gasteiger partial charge in [0.25, 0.3) is 5.56 Å². The number of benzene rings is 2. The molecule has 1 N–H and O–H groups in total. The monoisotopic (exact) mass is 351 g/mol. The number of nitrogens with zero attached hydrogens (tertiary/aromatic N) is 2. The molecule has 3 aromatic rings. The largest absolute Gasteiger partial charge is 0.497 e. The summed E-state index contributed by atoms with van der Waals surface area (Å²) in [5.41, 5.74) is 1.62. The van der Waals surface area contributed by atoms with Crippen molar-refractivity contribution in [3.8, 4) is 17.2 Å². The summed E-state index contributed by atoms with van der Waals surface area (Å²) < 4.78 is 12.2. The maximum Gasteiger partial charge on any atom is 0.297 e. The maximum absolute atomic E-state index is 12.6. The lowest BCUT2D eigenvalue weighted by atomic mass is 10.1. The van der Waals surface area contributed by atoms with Gasteiger partial charge in [0.1, 0.15) is 11.5 Å². The number of aromatic nitrogens is 2. The van der Waals surface area contributed by atoms with Gasteiger partial charge < -0.3 is 14.8 Å². The third-order valence-electron chi connectivity index (χ3n) is 4.05. The van der Waals surface area contributed by atoms with Crippen LogP contribution in [0.15, 0.2) is 65.7 Å². The van der Waals surface area contributed by atoms with Gasteiger partial charge in [0.05, 0.1) is 14.2 Å². The molecule has 0 aliphatic carbocycles. The Balaban J connectivity index is 1.74. The Morgan fingerprint density at radius 1 is 1.08 bits per heavy atom. The molecule has 1 aromatic heterocycles. The zero-order valence-electron chi connectivity index (χ0n) is 14.8. The first-order chi connectivity index (χ1) is 12.7. The molecule has 1 heterocycles. The summed E-state index contributed by atoms with van der Waals surface area (Å²) >= 11 is 0. The highest BCUT2D eigenvalue weighted by Crippen LogP contribution is 2.24. The molecular weight excluding hydrogens is 330 g/mol. The van der Waals surface area contributed by atoms with E-state index in [0.29, 0.717) is 18.8 Å². The summed E-state index contributed by atoms with van der Waals surface area (Å²) in [5, 5.41) is 3.12. The Hall–Kier alpha value is -3.28. The van der Waals surface area contributed by atoms with Gasteiger partial charge in [-0.15, -0.1) is 0 Å². The summed E-state index contributed by atoms with van der Waals surface area (Å²) in [6.45, 7) is 0.546. The molecule has 0 fully saturated rings. The molecule has 3 rings (SSSR count). The van der Waals surface area contributed by atoms with Crippen LogP contribution in [0.25, 0.3) is 5.69 Å². The number of ether oxygens (including phenoxy) is 2. The third kappa shape index (κ3) is 3.85. The van der Waals surface area contributed by atoms with E-state index in [-0.39, 0.29) is 5.56 Å². The van der Waals surface area contributed by atoms with E-state index in [1.54, 1.807) is 31.2 Å². The first-order valence-electron chi connectivity index (χ1n) is 8.31. The van der Waals surface area contributed by atoms with Gasteiger partial charge in [0.15, 0.2) is 5.82 Å². The summed E-state index contributed by atoms with van der Waals surface area (Å²) in [6.07, 6.45) is 3.94. The van der Waals surface area contributed by atoms with E-state index in [2.05, 4.69) is 10.3 Å². The average molecular weight is 351 g/mol. The highest BCUT2D eigenvalue weighted by molar-refractivity contribution is 5.42. The van der Waals surface area contributed by atoms with E-state index in [4.69, 9.17) is 9.47 Å². The van der Waals surface area contributed by atoms with Crippen LogP contribution < -0.4 is 20.3 Å². The minimum Gasteiger partial charge on any atom is -0.497 e. The van der Waals surface area contributed by atoms with Crippen molar-refractivity contribution in [1.29, 1.82) is 0 Å². The maximum atomic E-state index is 12.6. The van der Waals surface area contributed by atoms with Crippen LogP contribution in [0.3, 0.4) is 0 Å². The molecule has 2 aromatic carbocycles. The Kier molecular flexibility index (Phi) is 5.53. The minimum atomic E-state index is -0.184. The fourth-order valence-electron chi connectivity index (χ4n) is 2.72. The van der Waals surface area contributed by atoms with Crippen LogP contribution in [0.2, 0.25) is 0 Å². The molecule has 134 valence electrons. The molecule has 0 aliphatic heterocycles. The molecule has 0 amide bonds. The Labute approximate surface area is 152 Å². The molecule has 0 aliphatic rings. The van der Waals surface area contributed by atoms with Crippen LogP contribution in [-0.2, 0) is 6.42 Å². The number of methoxy groups -OCH3 is 2. The summed E-state index contributed by atoms with van der Waals surface area (Å²) in [4.78, 5) is 16.8. The van der Waals surface area contributed by atoms with Gasteiger partial charge in [-0.3, -0.25) is 9.36 Å². The van der Waals surface area contributed by atoms with Gasteiger partial charge in [-0.25, -0.2) is 4.98 Å².